The Morgan fingerprint density at radius 2 is 1.94 bits per heavy atom. The Bertz CT molecular complexity index is 1170. The van der Waals surface area contributed by atoms with Crippen molar-refractivity contribution in [2.75, 3.05) is 11.4 Å². The average Bonchev–Trinajstić information content (AvgIpc) is 3.20. The highest BCUT2D eigenvalue weighted by Gasteiger charge is 2.36. The van der Waals surface area contributed by atoms with Gasteiger partial charge in [0.2, 0.25) is 0 Å². The molecule has 2 amide bonds. The molecule has 1 aromatic carbocycles. The molecule has 7 nitrogen and oxygen atoms in total. The number of benzene rings is 1. The third-order valence-corrected chi connectivity index (χ3v) is 5.27. The predicted molar refractivity (Wildman–Crippen MR) is 110 cm³/mol. The predicted octanol–water partition coefficient (Wildman–Crippen LogP) is 3.76. The number of fused-ring (bicyclic) bond motifs is 1. The second kappa shape index (κ2) is 8.10. The second-order valence-corrected chi connectivity index (χ2v) is 7.65. The van der Waals surface area contributed by atoms with Crippen molar-refractivity contribution in [3.8, 4) is 0 Å². The van der Waals surface area contributed by atoms with Gasteiger partial charge in [0.25, 0.3) is 11.8 Å². The SMILES string of the molecule is Cc1cc(CNC(=O)c2cnn3c2C(=O)N(c2ccc(C(F)(F)F)cc2)C[C@@H]3C)ccn1. The second-order valence-electron chi connectivity index (χ2n) is 7.65. The zero-order valence-corrected chi connectivity index (χ0v) is 17.3. The fraction of sp³-hybridized carbons (Fsp3) is 0.273. The van der Waals surface area contributed by atoms with Crippen LogP contribution in [0.15, 0.2) is 48.8 Å². The van der Waals surface area contributed by atoms with Crippen molar-refractivity contribution in [1.82, 2.24) is 20.1 Å². The molecule has 0 bridgehead atoms. The molecule has 166 valence electrons. The fourth-order valence-electron chi connectivity index (χ4n) is 3.67. The average molecular weight is 443 g/mol. The van der Waals surface area contributed by atoms with Gasteiger partial charge in [0, 0.05) is 30.7 Å². The van der Waals surface area contributed by atoms with Crippen LogP contribution in [0.1, 0.15) is 50.6 Å². The summed E-state index contributed by atoms with van der Waals surface area (Å²) in [7, 11) is 0. The molecule has 0 radical (unpaired) electrons. The molecule has 1 aliphatic heterocycles. The summed E-state index contributed by atoms with van der Waals surface area (Å²) in [6, 6.07) is 7.73. The van der Waals surface area contributed by atoms with Crippen molar-refractivity contribution < 1.29 is 22.8 Å². The number of aromatic nitrogens is 3. The molecule has 0 saturated heterocycles. The monoisotopic (exact) mass is 443 g/mol. The first-order valence-corrected chi connectivity index (χ1v) is 9.91. The minimum atomic E-state index is -4.46. The van der Waals surface area contributed by atoms with E-state index in [1.54, 1.807) is 12.3 Å². The third kappa shape index (κ3) is 4.08. The molecule has 0 saturated carbocycles. The summed E-state index contributed by atoms with van der Waals surface area (Å²) < 4.78 is 40.1. The van der Waals surface area contributed by atoms with Gasteiger partial charge < -0.3 is 10.2 Å². The molecule has 0 spiro atoms. The normalized spacial score (nSPS) is 16.1. The highest BCUT2D eigenvalue weighted by atomic mass is 19.4. The largest absolute Gasteiger partial charge is 0.416 e. The van der Waals surface area contributed by atoms with Crippen molar-refractivity contribution in [2.24, 2.45) is 0 Å². The lowest BCUT2D eigenvalue weighted by Crippen LogP contribution is -2.43. The molecule has 3 heterocycles. The lowest BCUT2D eigenvalue weighted by atomic mass is 10.1. The molecule has 2 aromatic heterocycles. The van der Waals surface area contributed by atoms with Crippen LogP contribution >= 0.6 is 0 Å². The van der Waals surface area contributed by atoms with Crippen molar-refractivity contribution >= 4 is 17.5 Å². The number of anilines is 1. The van der Waals surface area contributed by atoms with Crippen molar-refractivity contribution in [1.29, 1.82) is 0 Å². The number of alkyl halides is 3. The van der Waals surface area contributed by atoms with E-state index in [-0.39, 0.29) is 30.4 Å². The summed E-state index contributed by atoms with van der Waals surface area (Å²) in [5, 5.41) is 6.98. The van der Waals surface area contributed by atoms with Crippen molar-refractivity contribution in [3.05, 3.63) is 76.9 Å². The first-order valence-electron chi connectivity index (χ1n) is 9.91. The molecule has 3 aromatic rings. The van der Waals surface area contributed by atoms with Crippen LogP contribution in [0.5, 0.6) is 0 Å². The van der Waals surface area contributed by atoms with E-state index in [4.69, 9.17) is 0 Å². The van der Waals surface area contributed by atoms with Gasteiger partial charge in [-0.05, 0) is 55.8 Å². The zero-order valence-electron chi connectivity index (χ0n) is 17.3. The lowest BCUT2D eigenvalue weighted by molar-refractivity contribution is -0.137. The topological polar surface area (TPSA) is 80.1 Å². The number of amides is 2. The van der Waals surface area contributed by atoms with Gasteiger partial charge in [0.1, 0.15) is 5.69 Å². The number of hydrogen-bond acceptors (Lipinski definition) is 4. The maximum absolute atomic E-state index is 13.2. The minimum Gasteiger partial charge on any atom is -0.348 e. The van der Waals surface area contributed by atoms with Crippen LogP contribution in [0, 0.1) is 6.92 Å². The number of nitrogens with one attached hydrogen (secondary N) is 1. The Morgan fingerprint density at radius 3 is 2.59 bits per heavy atom. The minimum absolute atomic E-state index is 0.104. The third-order valence-electron chi connectivity index (χ3n) is 5.27. The molecule has 10 heteroatoms. The highest BCUT2D eigenvalue weighted by Crippen LogP contribution is 2.32. The van der Waals surface area contributed by atoms with Crippen LogP contribution in [0.25, 0.3) is 0 Å². The summed E-state index contributed by atoms with van der Waals surface area (Å²) in [5.41, 5.74) is 1.42. The number of halogens is 3. The van der Waals surface area contributed by atoms with E-state index in [2.05, 4.69) is 15.4 Å². The summed E-state index contributed by atoms with van der Waals surface area (Å²) in [6.45, 7) is 4.13. The molecule has 1 N–H and O–H groups in total. The maximum atomic E-state index is 13.2. The van der Waals surface area contributed by atoms with E-state index in [9.17, 15) is 22.8 Å². The number of pyridine rings is 1. The molecule has 4 rings (SSSR count). The first kappa shape index (κ1) is 21.5. The summed E-state index contributed by atoms with van der Waals surface area (Å²) in [6.07, 6.45) is -1.48. The summed E-state index contributed by atoms with van der Waals surface area (Å²) in [4.78, 5) is 31.5. The van der Waals surface area contributed by atoms with Gasteiger partial charge in [-0.2, -0.15) is 18.3 Å². The van der Waals surface area contributed by atoms with E-state index >= 15 is 0 Å². The Hall–Kier alpha value is -3.69. The summed E-state index contributed by atoms with van der Waals surface area (Å²) in [5.74, 6) is -0.958. The molecule has 32 heavy (non-hydrogen) atoms. The number of rotatable bonds is 4. The number of carbonyl (C=O) groups is 2. The van der Waals surface area contributed by atoms with Crippen LogP contribution in [0.3, 0.4) is 0 Å². The van der Waals surface area contributed by atoms with E-state index in [1.807, 2.05) is 19.9 Å². The quantitative estimate of drug-likeness (QED) is 0.666. The maximum Gasteiger partial charge on any atom is 0.416 e. The van der Waals surface area contributed by atoms with Crippen LogP contribution in [-0.4, -0.2) is 33.1 Å². The molecular weight excluding hydrogens is 423 g/mol. The van der Waals surface area contributed by atoms with Crippen molar-refractivity contribution in [3.63, 3.8) is 0 Å². The zero-order chi connectivity index (χ0) is 23.0. The molecule has 0 aliphatic carbocycles. The van der Waals surface area contributed by atoms with Crippen LogP contribution in [0.2, 0.25) is 0 Å². The Kier molecular flexibility index (Phi) is 5.45. The van der Waals surface area contributed by atoms with E-state index in [0.29, 0.717) is 5.69 Å². The van der Waals surface area contributed by atoms with Gasteiger partial charge in [0.05, 0.1) is 23.4 Å². The number of nitrogens with zero attached hydrogens (tertiary/aromatic N) is 4. The molecule has 1 aliphatic rings. The number of aryl methyl sites for hydroxylation is 1. The van der Waals surface area contributed by atoms with Gasteiger partial charge in [-0.25, -0.2) is 0 Å². The number of carbonyl (C=O) groups excluding carboxylic acids is 2. The Morgan fingerprint density at radius 1 is 1.22 bits per heavy atom. The molecule has 0 unspecified atom stereocenters. The van der Waals surface area contributed by atoms with Gasteiger partial charge >= 0.3 is 6.18 Å². The van der Waals surface area contributed by atoms with Gasteiger partial charge in [-0.1, -0.05) is 0 Å². The smallest absolute Gasteiger partial charge is 0.348 e. The van der Waals surface area contributed by atoms with Crippen molar-refractivity contribution in [2.45, 2.75) is 32.6 Å². The van der Waals surface area contributed by atoms with Gasteiger partial charge in [-0.3, -0.25) is 19.3 Å². The standard InChI is InChI=1S/C22H20F3N5O2/c1-13-9-15(7-8-26-13)10-27-20(31)18-11-28-30-14(2)12-29(21(32)19(18)30)17-5-3-16(4-6-17)22(23,24)25/h3-9,11,14H,10,12H2,1-2H3,(H,27,31)/t14-/m0/s1. The van der Waals surface area contributed by atoms with E-state index in [0.717, 1.165) is 23.4 Å². The molecule has 0 fully saturated rings. The van der Waals surface area contributed by atoms with Crippen LogP contribution in [-0.2, 0) is 12.7 Å². The van der Waals surface area contributed by atoms with Gasteiger partial charge in [0.15, 0.2) is 0 Å². The molecule has 1 atom stereocenters. The summed E-state index contributed by atoms with van der Waals surface area (Å²) >= 11 is 0. The van der Waals surface area contributed by atoms with Gasteiger partial charge in [-0.15, -0.1) is 0 Å². The Labute approximate surface area is 181 Å². The lowest BCUT2D eigenvalue weighted by Gasteiger charge is -2.32. The first-order chi connectivity index (χ1) is 15.1. The fourth-order valence-corrected chi connectivity index (χ4v) is 3.67. The Balaban J connectivity index is 1.58. The van der Waals surface area contributed by atoms with E-state index < -0.39 is 23.6 Å². The molecular formula is C22H20F3N5O2. The number of hydrogen-bond donors (Lipinski definition) is 1. The van der Waals surface area contributed by atoms with E-state index in [1.165, 1.54) is 27.9 Å². The highest BCUT2D eigenvalue weighted by molar-refractivity contribution is 6.12. The van der Waals surface area contributed by atoms with Crippen LogP contribution < -0.4 is 10.2 Å². The van der Waals surface area contributed by atoms with Crippen LogP contribution in [0.4, 0.5) is 18.9 Å².